The van der Waals surface area contributed by atoms with E-state index in [2.05, 4.69) is 19.0 Å². The molecule has 21 heavy (non-hydrogen) atoms. The maximum Gasteiger partial charge on any atom is 0.348 e. The summed E-state index contributed by atoms with van der Waals surface area (Å²) in [6.07, 6.45) is 3.12. The smallest absolute Gasteiger partial charge is 0.348 e. The van der Waals surface area contributed by atoms with E-state index in [9.17, 15) is 4.79 Å². The molecule has 0 N–H and O–H groups in total. The monoisotopic (exact) mass is 305 g/mol. The Kier molecular flexibility index (Phi) is 5.76. The van der Waals surface area contributed by atoms with Crippen LogP contribution >= 0.6 is 11.3 Å². The summed E-state index contributed by atoms with van der Waals surface area (Å²) in [6.45, 7) is 3.05. The maximum absolute atomic E-state index is 12.1. The van der Waals surface area contributed by atoms with Crippen molar-refractivity contribution in [2.75, 3.05) is 20.6 Å². The van der Waals surface area contributed by atoms with Gasteiger partial charge in [-0.15, -0.1) is 11.3 Å². The van der Waals surface area contributed by atoms with Gasteiger partial charge < -0.3 is 9.64 Å². The molecule has 2 aromatic rings. The molecule has 1 aromatic heterocycles. The largest absolute Gasteiger partial charge is 0.458 e. The average molecular weight is 305 g/mol. The van der Waals surface area contributed by atoms with Crippen LogP contribution in [0.1, 0.15) is 35.9 Å². The van der Waals surface area contributed by atoms with Gasteiger partial charge in [0.15, 0.2) is 0 Å². The van der Waals surface area contributed by atoms with Crippen LogP contribution in [0.25, 0.3) is 10.1 Å². The Morgan fingerprint density at radius 1 is 1.29 bits per heavy atom. The summed E-state index contributed by atoms with van der Waals surface area (Å²) in [6, 6.07) is 9.94. The van der Waals surface area contributed by atoms with Crippen molar-refractivity contribution < 1.29 is 9.53 Å². The lowest BCUT2D eigenvalue weighted by Crippen LogP contribution is -2.16. The standard InChI is InChI=1S/C17H23NO2S/c1-13(8-6-7-11-18(2)3)20-17(19)16-12-14-9-4-5-10-15(14)21-16/h4-5,9-10,12-13H,6-8,11H2,1-3H3/t13-/m0/s1. The fourth-order valence-corrected chi connectivity index (χ4v) is 3.19. The van der Waals surface area contributed by atoms with Gasteiger partial charge in [-0.05, 0) is 64.3 Å². The van der Waals surface area contributed by atoms with Gasteiger partial charge in [0.25, 0.3) is 0 Å². The number of carbonyl (C=O) groups excluding carboxylic acids is 1. The quantitative estimate of drug-likeness (QED) is 0.568. The van der Waals surface area contributed by atoms with Crippen LogP contribution in [0.5, 0.6) is 0 Å². The first-order chi connectivity index (χ1) is 10.1. The molecule has 2 rings (SSSR count). The van der Waals surface area contributed by atoms with Gasteiger partial charge in [-0.3, -0.25) is 0 Å². The van der Waals surface area contributed by atoms with Crippen LogP contribution in [0, 0.1) is 0 Å². The number of fused-ring (bicyclic) bond motifs is 1. The molecule has 0 aliphatic carbocycles. The molecule has 1 aromatic carbocycles. The maximum atomic E-state index is 12.1. The summed E-state index contributed by atoms with van der Waals surface area (Å²) in [5, 5.41) is 1.10. The van der Waals surface area contributed by atoms with Gasteiger partial charge >= 0.3 is 5.97 Å². The fraction of sp³-hybridized carbons (Fsp3) is 0.471. The second-order valence-electron chi connectivity index (χ2n) is 5.66. The van der Waals surface area contributed by atoms with Crippen molar-refractivity contribution in [2.24, 2.45) is 0 Å². The normalized spacial score (nSPS) is 12.8. The summed E-state index contributed by atoms with van der Waals surface area (Å²) >= 11 is 1.50. The highest BCUT2D eigenvalue weighted by molar-refractivity contribution is 7.20. The van der Waals surface area contributed by atoms with Gasteiger partial charge in [0, 0.05) is 4.70 Å². The predicted octanol–water partition coefficient (Wildman–Crippen LogP) is 4.18. The number of hydrogen-bond donors (Lipinski definition) is 0. The number of rotatable bonds is 7. The van der Waals surface area contributed by atoms with Crippen LogP contribution in [-0.4, -0.2) is 37.6 Å². The first kappa shape index (κ1) is 16.0. The van der Waals surface area contributed by atoms with E-state index >= 15 is 0 Å². The minimum Gasteiger partial charge on any atom is -0.458 e. The Hall–Kier alpha value is -1.39. The molecule has 0 spiro atoms. The number of hydrogen-bond acceptors (Lipinski definition) is 4. The number of esters is 1. The van der Waals surface area contributed by atoms with E-state index < -0.39 is 0 Å². The Morgan fingerprint density at radius 2 is 2.05 bits per heavy atom. The van der Waals surface area contributed by atoms with Gasteiger partial charge in [-0.25, -0.2) is 4.79 Å². The predicted molar refractivity (Wildman–Crippen MR) is 89.1 cm³/mol. The van der Waals surface area contributed by atoms with E-state index in [4.69, 9.17) is 4.74 Å². The molecular formula is C17H23NO2S. The van der Waals surface area contributed by atoms with E-state index in [1.165, 1.54) is 11.3 Å². The number of unbranched alkanes of at least 4 members (excludes halogenated alkanes) is 1. The molecule has 114 valence electrons. The SMILES string of the molecule is C[C@@H](CCCCN(C)C)OC(=O)c1cc2ccccc2s1. The number of carbonyl (C=O) groups is 1. The zero-order chi connectivity index (χ0) is 15.2. The molecule has 0 fully saturated rings. The summed E-state index contributed by atoms with van der Waals surface area (Å²) in [7, 11) is 4.15. The summed E-state index contributed by atoms with van der Waals surface area (Å²) in [4.78, 5) is 15.0. The molecule has 0 amide bonds. The number of benzene rings is 1. The van der Waals surface area contributed by atoms with Crippen LogP contribution < -0.4 is 0 Å². The Labute approximate surface area is 130 Å². The molecule has 1 heterocycles. The second-order valence-corrected chi connectivity index (χ2v) is 6.75. The van der Waals surface area contributed by atoms with Gasteiger partial charge in [0.05, 0.1) is 6.10 Å². The van der Waals surface area contributed by atoms with Gasteiger partial charge in [-0.2, -0.15) is 0 Å². The molecule has 0 aliphatic heterocycles. The third-order valence-electron chi connectivity index (χ3n) is 3.40. The Bertz CT molecular complexity index is 558. The molecule has 0 saturated carbocycles. The lowest BCUT2D eigenvalue weighted by atomic mass is 10.1. The highest BCUT2D eigenvalue weighted by Gasteiger charge is 2.14. The van der Waals surface area contributed by atoms with E-state index in [0.717, 1.165) is 35.9 Å². The molecule has 3 nitrogen and oxygen atoms in total. The minimum atomic E-state index is -0.198. The Morgan fingerprint density at radius 3 is 2.76 bits per heavy atom. The first-order valence-corrected chi connectivity index (χ1v) is 8.22. The van der Waals surface area contributed by atoms with Crippen LogP contribution in [0.2, 0.25) is 0 Å². The van der Waals surface area contributed by atoms with Crippen molar-refractivity contribution in [1.82, 2.24) is 4.90 Å². The summed E-state index contributed by atoms with van der Waals surface area (Å²) < 4.78 is 6.66. The van der Waals surface area contributed by atoms with Crippen molar-refractivity contribution in [3.63, 3.8) is 0 Å². The first-order valence-electron chi connectivity index (χ1n) is 7.40. The third-order valence-corrected chi connectivity index (χ3v) is 4.50. The van der Waals surface area contributed by atoms with Gasteiger partial charge in [0.1, 0.15) is 4.88 Å². The lowest BCUT2D eigenvalue weighted by Gasteiger charge is -2.13. The molecule has 0 saturated heterocycles. The minimum absolute atomic E-state index is 0.0233. The van der Waals surface area contributed by atoms with E-state index in [0.29, 0.717) is 4.88 Å². The van der Waals surface area contributed by atoms with Crippen LogP contribution in [0.15, 0.2) is 30.3 Å². The highest BCUT2D eigenvalue weighted by atomic mass is 32.1. The van der Waals surface area contributed by atoms with Crippen LogP contribution in [0.4, 0.5) is 0 Å². The lowest BCUT2D eigenvalue weighted by molar-refractivity contribution is 0.0324. The van der Waals surface area contributed by atoms with Crippen molar-refractivity contribution in [2.45, 2.75) is 32.3 Å². The number of ether oxygens (including phenoxy) is 1. The Balaban J connectivity index is 1.83. The summed E-state index contributed by atoms with van der Waals surface area (Å²) in [5.41, 5.74) is 0. The molecule has 0 aliphatic rings. The zero-order valence-electron chi connectivity index (χ0n) is 13.0. The average Bonchev–Trinajstić information content (AvgIpc) is 2.87. The van der Waals surface area contributed by atoms with Crippen molar-refractivity contribution >= 4 is 27.4 Å². The zero-order valence-corrected chi connectivity index (χ0v) is 13.8. The molecule has 0 radical (unpaired) electrons. The molecular weight excluding hydrogens is 282 g/mol. The van der Waals surface area contributed by atoms with Crippen molar-refractivity contribution in [3.05, 3.63) is 35.2 Å². The van der Waals surface area contributed by atoms with E-state index in [-0.39, 0.29) is 12.1 Å². The van der Waals surface area contributed by atoms with Gasteiger partial charge in [-0.1, -0.05) is 18.2 Å². The second kappa shape index (κ2) is 7.57. The fourth-order valence-electron chi connectivity index (χ4n) is 2.24. The molecule has 0 unspecified atom stereocenters. The molecule has 0 bridgehead atoms. The number of nitrogens with zero attached hydrogens (tertiary/aromatic N) is 1. The topological polar surface area (TPSA) is 29.5 Å². The third kappa shape index (κ3) is 4.83. The summed E-state index contributed by atoms with van der Waals surface area (Å²) in [5.74, 6) is -0.198. The van der Waals surface area contributed by atoms with Gasteiger partial charge in [0.2, 0.25) is 0 Å². The van der Waals surface area contributed by atoms with Crippen molar-refractivity contribution in [3.8, 4) is 0 Å². The molecule has 4 heteroatoms. The van der Waals surface area contributed by atoms with Crippen molar-refractivity contribution in [1.29, 1.82) is 0 Å². The van der Waals surface area contributed by atoms with E-state index in [1.807, 2.05) is 37.3 Å². The van der Waals surface area contributed by atoms with E-state index in [1.54, 1.807) is 0 Å². The van der Waals surface area contributed by atoms with Crippen LogP contribution in [-0.2, 0) is 4.74 Å². The molecule has 1 atom stereocenters. The van der Waals surface area contributed by atoms with Crippen LogP contribution in [0.3, 0.4) is 0 Å². The number of thiophene rings is 1. The highest BCUT2D eigenvalue weighted by Crippen LogP contribution is 2.26.